The molecule has 2 rings (SSSR count). The van der Waals surface area contributed by atoms with E-state index in [-0.39, 0.29) is 35.1 Å². The number of nitro groups is 1. The van der Waals surface area contributed by atoms with Gasteiger partial charge in [-0.1, -0.05) is 6.07 Å². The summed E-state index contributed by atoms with van der Waals surface area (Å²) < 4.78 is 10.5. The molecule has 2 unspecified atom stereocenters. The molecule has 114 valence electrons. The van der Waals surface area contributed by atoms with Crippen LogP contribution in [0.3, 0.4) is 0 Å². The Bertz CT molecular complexity index is 551. The third-order valence-corrected chi connectivity index (χ3v) is 3.62. The number of nitrogen functional groups attached to an aromatic ring is 1. The lowest BCUT2D eigenvalue weighted by atomic mass is 10.1. The van der Waals surface area contributed by atoms with E-state index >= 15 is 0 Å². The van der Waals surface area contributed by atoms with Crippen molar-refractivity contribution in [3.05, 3.63) is 33.9 Å². The van der Waals surface area contributed by atoms with Crippen LogP contribution in [0.4, 0.5) is 11.4 Å². The van der Waals surface area contributed by atoms with Crippen LogP contribution in [0, 0.1) is 10.1 Å². The maximum Gasteiger partial charge on any atom is 0.292 e. The summed E-state index contributed by atoms with van der Waals surface area (Å²) in [5.41, 5.74) is 5.46. The Morgan fingerprint density at radius 3 is 2.38 bits per heavy atom. The van der Waals surface area contributed by atoms with Crippen LogP contribution < -0.4 is 5.73 Å². The largest absolute Gasteiger partial charge is 0.393 e. The monoisotopic (exact) mass is 295 g/mol. The molecule has 1 aliphatic rings. The fourth-order valence-electron chi connectivity index (χ4n) is 2.43. The molecule has 2 atom stereocenters. The van der Waals surface area contributed by atoms with Crippen molar-refractivity contribution >= 4 is 17.3 Å². The minimum absolute atomic E-state index is 0.121. The zero-order valence-electron chi connectivity index (χ0n) is 11.8. The maximum absolute atomic E-state index is 12.5. The Morgan fingerprint density at radius 1 is 1.33 bits per heavy atom. The molecule has 1 fully saturated rings. The zero-order valence-corrected chi connectivity index (χ0v) is 11.8. The maximum atomic E-state index is 12.5. The zero-order chi connectivity index (χ0) is 15.6. The lowest BCUT2D eigenvalue weighted by Crippen LogP contribution is -2.30. The molecule has 1 saturated heterocycles. The van der Waals surface area contributed by atoms with Gasteiger partial charge in [0.25, 0.3) is 11.6 Å². The van der Waals surface area contributed by atoms with Crippen LogP contribution >= 0.6 is 0 Å². The first-order valence-corrected chi connectivity index (χ1v) is 6.37. The first-order valence-electron chi connectivity index (χ1n) is 6.37. The summed E-state index contributed by atoms with van der Waals surface area (Å²) in [4.78, 5) is 24.3. The number of nitro benzene ring substituents is 1. The molecule has 0 saturated carbocycles. The van der Waals surface area contributed by atoms with E-state index < -0.39 is 4.92 Å². The number of carbonyl (C=O) groups excluding carboxylic acids is 1. The number of amides is 1. The van der Waals surface area contributed by atoms with E-state index in [4.69, 9.17) is 15.2 Å². The standard InChI is InChI=1S/C13H17N3O5/c1-20-10-6-15(7-11(10)21-2)13(17)8-4-3-5-9(12(8)14)16(18)19/h3-5,10-11H,6-7,14H2,1-2H3. The third kappa shape index (κ3) is 2.81. The van der Waals surface area contributed by atoms with Crippen LogP contribution in [-0.4, -0.2) is 55.2 Å². The third-order valence-electron chi connectivity index (χ3n) is 3.62. The minimum atomic E-state index is -0.605. The number of ether oxygens (including phenoxy) is 2. The molecule has 8 heteroatoms. The van der Waals surface area contributed by atoms with E-state index in [2.05, 4.69) is 0 Å². The highest BCUT2D eigenvalue weighted by molar-refractivity contribution is 6.01. The number of benzene rings is 1. The molecule has 0 spiro atoms. The van der Waals surface area contributed by atoms with Crippen LogP contribution in [0.2, 0.25) is 0 Å². The van der Waals surface area contributed by atoms with E-state index in [1.807, 2.05) is 0 Å². The molecule has 2 N–H and O–H groups in total. The number of carbonyl (C=O) groups is 1. The molecule has 0 aromatic heterocycles. The molecule has 1 aromatic rings. The number of hydrogen-bond acceptors (Lipinski definition) is 6. The Kier molecular flexibility index (Phi) is 4.39. The summed E-state index contributed by atoms with van der Waals surface area (Å²) in [5.74, 6) is -0.363. The number of anilines is 1. The van der Waals surface area contributed by atoms with E-state index in [0.29, 0.717) is 13.1 Å². The van der Waals surface area contributed by atoms with E-state index in [0.717, 1.165) is 0 Å². The topological polar surface area (TPSA) is 108 Å². The van der Waals surface area contributed by atoms with Gasteiger partial charge in [0.15, 0.2) is 0 Å². The van der Waals surface area contributed by atoms with Crippen LogP contribution in [-0.2, 0) is 9.47 Å². The highest BCUT2D eigenvalue weighted by atomic mass is 16.6. The summed E-state index contributed by atoms with van der Waals surface area (Å²) in [6.07, 6.45) is -0.447. The van der Waals surface area contributed by atoms with E-state index in [9.17, 15) is 14.9 Å². The van der Waals surface area contributed by atoms with Crippen molar-refractivity contribution in [3.8, 4) is 0 Å². The van der Waals surface area contributed by atoms with Crippen molar-refractivity contribution in [2.24, 2.45) is 0 Å². The molecule has 1 aliphatic heterocycles. The van der Waals surface area contributed by atoms with Gasteiger partial charge in [0, 0.05) is 33.4 Å². The Labute approximate surface area is 121 Å². The molecular weight excluding hydrogens is 278 g/mol. The lowest BCUT2D eigenvalue weighted by Gasteiger charge is -2.16. The van der Waals surface area contributed by atoms with Crippen LogP contribution in [0.5, 0.6) is 0 Å². The Hall–Kier alpha value is -2.19. The van der Waals surface area contributed by atoms with E-state index in [1.165, 1.54) is 23.1 Å². The van der Waals surface area contributed by atoms with Gasteiger partial charge in [-0.3, -0.25) is 14.9 Å². The molecular formula is C13H17N3O5. The van der Waals surface area contributed by atoms with Crippen LogP contribution in [0.1, 0.15) is 10.4 Å². The van der Waals surface area contributed by atoms with Gasteiger partial charge in [0.1, 0.15) is 17.9 Å². The minimum Gasteiger partial charge on any atom is -0.393 e. The van der Waals surface area contributed by atoms with Crippen molar-refractivity contribution in [2.75, 3.05) is 33.0 Å². The number of para-hydroxylation sites is 1. The van der Waals surface area contributed by atoms with Gasteiger partial charge in [-0.15, -0.1) is 0 Å². The second-order valence-corrected chi connectivity index (χ2v) is 4.75. The predicted octanol–water partition coefficient (Wildman–Crippen LogP) is 0.663. The Morgan fingerprint density at radius 2 is 1.90 bits per heavy atom. The molecule has 0 bridgehead atoms. The second-order valence-electron chi connectivity index (χ2n) is 4.75. The average Bonchev–Trinajstić information content (AvgIpc) is 2.89. The van der Waals surface area contributed by atoms with Crippen molar-refractivity contribution in [2.45, 2.75) is 12.2 Å². The normalized spacial score (nSPS) is 21.5. The highest BCUT2D eigenvalue weighted by Crippen LogP contribution is 2.27. The molecule has 1 aromatic carbocycles. The quantitative estimate of drug-likeness (QED) is 0.496. The molecule has 1 heterocycles. The van der Waals surface area contributed by atoms with Gasteiger partial charge in [0.05, 0.1) is 10.5 Å². The number of nitrogens with two attached hydrogens (primary N) is 1. The smallest absolute Gasteiger partial charge is 0.292 e. The molecule has 0 radical (unpaired) electrons. The van der Waals surface area contributed by atoms with Crippen LogP contribution in [0.25, 0.3) is 0 Å². The predicted molar refractivity (Wildman–Crippen MR) is 75.0 cm³/mol. The van der Waals surface area contributed by atoms with Crippen molar-refractivity contribution in [1.29, 1.82) is 0 Å². The molecule has 8 nitrogen and oxygen atoms in total. The van der Waals surface area contributed by atoms with Gasteiger partial charge < -0.3 is 20.1 Å². The highest BCUT2D eigenvalue weighted by Gasteiger charge is 2.36. The summed E-state index contributed by atoms with van der Waals surface area (Å²) in [7, 11) is 3.10. The number of methoxy groups -OCH3 is 2. The van der Waals surface area contributed by atoms with Crippen molar-refractivity contribution in [1.82, 2.24) is 4.90 Å². The SMILES string of the molecule is COC1CN(C(=O)c2cccc([N+](=O)[O-])c2N)CC1OC. The summed E-state index contributed by atoms with van der Waals surface area (Å²) >= 11 is 0. The van der Waals surface area contributed by atoms with E-state index in [1.54, 1.807) is 14.2 Å². The van der Waals surface area contributed by atoms with Gasteiger partial charge in [-0.2, -0.15) is 0 Å². The average molecular weight is 295 g/mol. The van der Waals surface area contributed by atoms with Gasteiger partial charge in [-0.25, -0.2) is 0 Å². The summed E-state index contributed by atoms with van der Waals surface area (Å²) in [6.45, 7) is 0.714. The molecule has 21 heavy (non-hydrogen) atoms. The first-order chi connectivity index (χ1) is 9.99. The molecule has 1 amide bonds. The number of likely N-dealkylation sites (tertiary alicyclic amines) is 1. The number of hydrogen-bond donors (Lipinski definition) is 1. The van der Waals surface area contributed by atoms with Gasteiger partial charge in [0.2, 0.25) is 0 Å². The fourth-order valence-corrected chi connectivity index (χ4v) is 2.43. The lowest BCUT2D eigenvalue weighted by molar-refractivity contribution is -0.383. The Balaban J connectivity index is 2.26. The van der Waals surface area contributed by atoms with Crippen molar-refractivity contribution < 1.29 is 19.2 Å². The first kappa shape index (κ1) is 15.2. The number of rotatable bonds is 4. The van der Waals surface area contributed by atoms with Gasteiger partial charge in [-0.05, 0) is 6.07 Å². The van der Waals surface area contributed by atoms with Crippen molar-refractivity contribution in [3.63, 3.8) is 0 Å². The molecule has 0 aliphatic carbocycles. The second kappa shape index (κ2) is 6.06. The number of nitrogens with zero attached hydrogens (tertiary/aromatic N) is 2. The van der Waals surface area contributed by atoms with Crippen LogP contribution in [0.15, 0.2) is 18.2 Å². The van der Waals surface area contributed by atoms with Gasteiger partial charge >= 0.3 is 0 Å². The fraction of sp³-hybridized carbons (Fsp3) is 0.462. The summed E-state index contributed by atoms with van der Waals surface area (Å²) in [6, 6.07) is 4.19. The summed E-state index contributed by atoms with van der Waals surface area (Å²) in [5, 5.41) is 10.9.